The van der Waals surface area contributed by atoms with E-state index in [0.717, 1.165) is 18.6 Å². The molecular weight excluding hydrogens is 426 g/mol. The van der Waals surface area contributed by atoms with Crippen LogP contribution in [-0.4, -0.2) is 18.6 Å². The normalized spacial score (nSPS) is 58.6. The quantitative estimate of drug-likeness (QED) is 0.313. The molecular formula is C20H38P6. The van der Waals surface area contributed by atoms with Crippen LogP contribution >= 0.6 is 47.6 Å². The molecule has 148 valence electrons. The third kappa shape index (κ3) is 1.48. The van der Waals surface area contributed by atoms with Gasteiger partial charge in [0.15, 0.2) is 0 Å². The van der Waals surface area contributed by atoms with Gasteiger partial charge in [0.25, 0.3) is 0 Å². The average molecular weight is 464 g/mol. The minimum Gasteiger partial charge on any atom is -0.0771 e. The summed E-state index contributed by atoms with van der Waals surface area (Å²) in [5.74, 6) is 0. The Hall–Kier alpha value is 2.58. The van der Waals surface area contributed by atoms with Gasteiger partial charge in [-0.05, 0) is 21.7 Å². The summed E-state index contributed by atoms with van der Waals surface area (Å²) in [4.78, 5) is 0. The highest BCUT2D eigenvalue weighted by atomic mass is 32.1. The Morgan fingerprint density at radius 3 is 0.923 bits per heavy atom. The molecule has 0 amide bonds. The van der Waals surface area contributed by atoms with Crippen LogP contribution in [0.15, 0.2) is 0 Å². The molecule has 6 heteroatoms. The number of fused-ring (bicyclic) bond motifs is 2. The van der Waals surface area contributed by atoms with Crippen LogP contribution in [0.25, 0.3) is 0 Å². The lowest BCUT2D eigenvalue weighted by atomic mass is 9.97. The highest BCUT2D eigenvalue weighted by Crippen LogP contribution is 3.45. The van der Waals surface area contributed by atoms with E-state index in [9.17, 15) is 0 Å². The molecule has 0 N–H and O–H groups in total. The monoisotopic (exact) mass is 464 g/mol. The van der Waals surface area contributed by atoms with Gasteiger partial charge in [0.05, 0.1) is 0 Å². The Kier molecular flexibility index (Phi) is 3.68. The van der Waals surface area contributed by atoms with Crippen molar-refractivity contribution < 1.29 is 0 Å². The third-order valence-corrected chi connectivity index (χ3v) is 51.3. The molecule has 2 unspecified atom stereocenters. The maximum Gasteiger partial charge on any atom is 0.0447 e. The lowest BCUT2D eigenvalue weighted by Crippen LogP contribution is -2.72. The molecule has 5 aliphatic rings. The summed E-state index contributed by atoms with van der Waals surface area (Å²) < 4.78 is 3.35. The molecule has 5 saturated heterocycles. The first-order valence-electron chi connectivity index (χ1n) is 10.2. The van der Waals surface area contributed by atoms with Gasteiger partial charge in [-0.15, -0.1) is 0 Å². The maximum absolute atomic E-state index is 2.66. The minimum absolute atomic E-state index is 0.213. The third-order valence-electron chi connectivity index (χ3n) is 7.80. The second kappa shape index (κ2) is 4.67. The summed E-state index contributed by atoms with van der Waals surface area (Å²) in [6.45, 7) is 31.9. The van der Waals surface area contributed by atoms with Crippen molar-refractivity contribution in [1.29, 1.82) is 0 Å². The second-order valence-electron chi connectivity index (χ2n) is 13.2. The topological polar surface area (TPSA) is 0 Å². The molecule has 0 aliphatic carbocycles. The fraction of sp³-hybridized carbons (Fsp3) is 1.00. The number of rotatable bonds is 0. The number of hydrogen-bond acceptors (Lipinski definition) is 0. The van der Waals surface area contributed by atoms with Crippen molar-refractivity contribution in [3.8, 4) is 0 Å². The Morgan fingerprint density at radius 2 is 0.731 bits per heavy atom. The van der Waals surface area contributed by atoms with Gasteiger partial charge in [-0.25, -0.2) is 0 Å². The molecule has 0 aromatic rings. The van der Waals surface area contributed by atoms with Crippen LogP contribution in [0.5, 0.6) is 0 Å². The van der Waals surface area contributed by atoms with Crippen molar-refractivity contribution in [3.63, 3.8) is 0 Å². The van der Waals surface area contributed by atoms with E-state index in [1.54, 1.807) is 0 Å². The summed E-state index contributed by atoms with van der Waals surface area (Å²) >= 11 is 0. The summed E-state index contributed by atoms with van der Waals surface area (Å²) in [6.07, 6.45) is 0. The average Bonchev–Trinajstić information content (AvgIpc) is 2.55. The van der Waals surface area contributed by atoms with E-state index < -0.39 is 0 Å². The second-order valence-corrected chi connectivity index (χ2v) is 33.0. The fourth-order valence-electron chi connectivity index (χ4n) is 6.97. The van der Waals surface area contributed by atoms with Crippen molar-refractivity contribution in [2.24, 2.45) is 21.7 Å². The zero-order chi connectivity index (χ0) is 19.7. The van der Waals surface area contributed by atoms with E-state index in [4.69, 9.17) is 0 Å². The highest BCUT2D eigenvalue weighted by Gasteiger charge is 3.09. The molecule has 0 spiro atoms. The smallest absolute Gasteiger partial charge is 0.0447 e. The fourth-order valence-corrected chi connectivity index (χ4v) is 75.4. The van der Waals surface area contributed by atoms with E-state index in [0.29, 0.717) is 21.7 Å². The lowest BCUT2D eigenvalue weighted by Gasteiger charge is -2.90. The van der Waals surface area contributed by atoms with Crippen LogP contribution in [0.4, 0.5) is 0 Å². The van der Waals surface area contributed by atoms with Crippen LogP contribution in [0, 0.1) is 21.7 Å². The predicted molar refractivity (Wildman–Crippen MR) is 133 cm³/mol. The van der Waals surface area contributed by atoms with Gasteiger partial charge in [0, 0.05) is 18.6 Å². The molecule has 0 radical (unpaired) electrons. The molecule has 0 bridgehead atoms. The molecule has 5 rings (SSSR count). The van der Waals surface area contributed by atoms with Crippen molar-refractivity contribution >= 4 is 47.6 Å². The molecule has 0 aromatic heterocycles. The van der Waals surface area contributed by atoms with Gasteiger partial charge in [-0.3, -0.25) is 0 Å². The van der Waals surface area contributed by atoms with E-state index in [1.807, 2.05) is 0 Å². The molecule has 5 fully saturated rings. The van der Waals surface area contributed by atoms with E-state index >= 15 is 0 Å². The molecule has 26 heavy (non-hydrogen) atoms. The Bertz CT molecular complexity index is 647. The van der Waals surface area contributed by atoms with Crippen molar-refractivity contribution in [2.45, 2.75) is 102 Å². The SMILES string of the molecule is CC(C)(C)C12P3C4(C(C)(C)C)P1[C@]1(C(C)(C)C)P[P@]2[C@@]3(C(C)(C)C)P[P@@]41. The van der Waals surface area contributed by atoms with Gasteiger partial charge in [-0.2, -0.15) is 0 Å². The molecule has 0 aromatic carbocycles. The Balaban J connectivity index is 1.82. The molecule has 5 aliphatic heterocycles. The summed E-state index contributed by atoms with van der Waals surface area (Å²) in [5.41, 5.74) is 2.20. The van der Waals surface area contributed by atoms with Crippen LogP contribution in [0.1, 0.15) is 83.1 Å². The van der Waals surface area contributed by atoms with Gasteiger partial charge in [0.2, 0.25) is 0 Å². The molecule has 5 heterocycles. The van der Waals surface area contributed by atoms with Gasteiger partial charge in [-0.1, -0.05) is 131 Å². The molecule has 0 saturated carbocycles. The maximum atomic E-state index is 2.66. The van der Waals surface area contributed by atoms with Crippen LogP contribution in [0.2, 0.25) is 0 Å². The van der Waals surface area contributed by atoms with Crippen molar-refractivity contribution in [1.82, 2.24) is 0 Å². The summed E-state index contributed by atoms with van der Waals surface area (Å²) in [7, 11) is 3.64. The van der Waals surface area contributed by atoms with Crippen molar-refractivity contribution in [2.75, 3.05) is 0 Å². The lowest BCUT2D eigenvalue weighted by molar-refractivity contribution is 0.323. The van der Waals surface area contributed by atoms with E-state index in [2.05, 4.69) is 83.1 Å². The minimum atomic E-state index is 0.213. The summed E-state index contributed by atoms with van der Waals surface area (Å²) in [5, 5.41) is 0. The van der Waals surface area contributed by atoms with E-state index in [-0.39, 0.29) is 31.1 Å². The standard InChI is InChI=1S/C20H38P6/c1-13(2,3)17-21-26-18(14(4,5)6)22-25(17)19(15(7,8)9)23(17)20(26,24(18)19)16(10,11)12/h21-22H,1-12H3/t17-,18-,19?,20?,23?,24?,25+,26+/m0/s1. The van der Waals surface area contributed by atoms with Gasteiger partial charge < -0.3 is 0 Å². The first-order chi connectivity index (χ1) is 11.4. The zero-order valence-corrected chi connectivity index (χ0v) is 24.4. The highest BCUT2D eigenvalue weighted by molar-refractivity contribution is 8.66. The Morgan fingerprint density at radius 1 is 0.462 bits per heavy atom. The zero-order valence-electron chi connectivity index (χ0n) is 18.8. The Labute approximate surface area is 170 Å². The van der Waals surface area contributed by atoms with Crippen LogP contribution in [-0.2, 0) is 0 Å². The van der Waals surface area contributed by atoms with Crippen LogP contribution < -0.4 is 0 Å². The largest absolute Gasteiger partial charge is 0.0771 e. The van der Waals surface area contributed by atoms with Gasteiger partial charge in [0.1, 0.15) is 0 Å². The first-order valence-corrected chi connectivity index (χ1v) is 19.2. The van der Waals surface area contributed by atoms with E-state index in [1.165, 1.54) is 16.5 Å². The summed E-state index contributed by atoms with van der Waals surface area (Å²) in [6, 6.07) is 0. The van der Waals surface area contributed by atoms with Crippen molar-refractivity contribution in [3.05, 3.63) is 0 Å². The number of hydrogen-bond donors (Lipinski definition) is 0. The van der Waals surface area contributed by atoms with Crippen LogP contribution in [0.3, 0.4) is 0 Å². The predicted octanol–water partition coefficient (Wildman–Crippen LogP) is 9.97. The molecule has 0 nitrogen and oxygen atoms in total. The molecule has 6 atom stereocenters. The first kappa shape index (κ1) is 20.5. The van der Waals surface area contributed by atoms with Gasteiger partial charge >= 0.3 is 0 Å².